The van der Waals surface area contributed by atoms with Gasteiger partial charge in [-0.25, -0.2) is 0 Å². The SMILES string of the molecule is CC(C)[Si](OC#C[C@@H](C)CO[Si](C)(C)C(C)(C)C)(C(C)C)C(C)C. The second-order valence-electron chi connectivity index (χ2n) is 9.64. The van der Waals surface area contributed by atoms with Crippen LogP contribution in [0.15, 0.2) is 0 Å². The fourth-order valence-electron chi connectivity index (χ4n) is 3.16. The van der Waals surface area contributed by atoms with Crippen molar-refractivity contribution < 1.29 is 8.85 Å². The summed E-state index contributed by atoms with van der Waals surface area (Å²) in [5.74, 6) is 3.49. The summed E-state index contributed by atoms with van der Waals surface area (Å²) in [4.78, 5) is 0. The quantitative estimate of drug-likeness (QED) is 0.362. The molecule has 0 aliphatic rings. The van der Waals surface area contributed by atoms with E-state index >= 15 is 0 Å². The van der Waals surface area contributed by atoms with Crippen LogP contribution in [0.2, 0.25) is 34.8 Å². The van der Waals surface area contributed by atoms with E-state index in [0.717, 1.165) is 0 Å². The van der Waals surface area contributed by atoms with Gasteiger partial charge >= 0.3 is 0 Å². The van der Waals surface area contributed by atoms with Gasteiger partial charge in [-0.3, -0.25) is 0 Å². The summed E-state index contributed by atoms with van der Waals surface area (Å²) < 4.78 is 12.6. The summed E-state index contributed by atoms with van der Waals surface area (Å²) in [5.41, 5.74) is 1.68. The first kappa shape index (κ1) is 23.8. The first-order valence-corrected chi connectivity index (χ1v) is 14.6. The average Bonchev–Trinajstić information content (AvgIpc) is 2.38. The highest BCUT2D eigenvalue weighted by Crippen LogP contribution is 2.42. The molecule has 1 atom stereocenters. The maximum atomic E-state index is 6.32. The van der Waals surface area contributed by atoms with Gasteiger partial charge in [-0.05, 0) is 41.7 Å². The highest BCUT2D eigenvalue weighted by Gasteiger charge is 2.47. The number of hydrogen-bond acceptors (Lipinski definition) is 2. The molecule has 24 heavy (non-hydrogen) atoms. The first-order chi connectivity index (χ1) is 10.7. The van der Waals surface area contributed by atoms with Crippen molar-refractivity contribution in [2.75, 3.05) is 6.61 Å². The third kappa shape index (κ3) is 5.93. The van der Waals surface area contributed by atoms with Crippen molar-refractivity contribution in [1.82, 2.24) is 0 Å². The van der Waals surface area contributed by atoms with Crippen molar-refractivity contribution in [3.63, 3.8) is 0 Å². The highest BCUT2D eigenvalue weighted by atomic mass is 28.4. The van der Waals surface area contributed by atoms with Crippen LogP contribution in [0.25, 0.3) is 0 Å². The maximum absolute atomic E-state index is 6.32. The van der Waals surface area contributed by atoms with E-state index in [2.05, 4.69) is 94.4 Å². The van der Waals surface area contributed by atoms with Crippen LogP contribution in [-0.4, -0.2) is 23.2 Å². The van der Waals surface area contributed by atoms with Crippen molar-refractivity contribution in [3.8, 4) is 12.0 Å². The van der Waals surface area contributed by atoms with Crippen LogP contribution in [0.5, 0.6) is 0 Å². The predicted molar refractivity (Wildman–Crippen MR) is 112 cm³/mol. The zero-order chi connectivity index (χ0) is 19.3. The Labute approximate surface area is 154 Å². The van der Waals surface area contributed by atoms with E-state index in [1.807, 2.05) is 0 Å². The molecule has 0 fully saturated rings. The van der Waals surface area contributed by atoms with E-state index < -0.39 is 16.6 Å². The molecule has 0 N–H and O–H groups in total. The molecule has 0 aromatic carbocycles. The zero-order valence-electron chi connectivity index (χ0n) is 18.3. The first-order valence-electron chi connectivity index (χ1n) is 9.51. The van der Waals surface area contributed by atoms with Crippen LogP contribution in [0, 0.1) is 17.9 Å². The van der Waals surface area contributed by atoms with Gasteiger partial charge in [0.2, 0.25) is 0 Å². The minimum atomic E-state index is -1.89. The fraction of sp³-hybridized carbons (Fsp3) is 0.900. The van der Waals surface area contributed by atoms with Crippen LogP contribution in [0.1, 0.15) is 69.2 Å². The van der Waals surface area contributed by atoms with Gasteiger partial charge < -0.3 is 8.85 Å². The van der Waals surface area contributed by atoms with Gasteiger partial charge in [0.25, 0.3) is 8.32 Å². The van der Waals surface area contributed by atoms with Crippen LogP contribution >= 0.6 is 0 Å². The molecule has 0 bridgehead atoms. The lowest BCUT2D eigenvalue weighted by Crippen LogP contribution is -2.46. The molecular formula is C20H42O2Si2. The smallest absolute Gasteiger partial charge is 0.272 e. The molecule has 0 rings (SSSR count). The van der Waals surface area contributed by atoms with Gasteiger partial charge in [-0.15, -0.1) is 0 Å². The van der Waals surface area contributed by atoms with E-state index in [0.29, 0.717) is 23.2 Å². The minimum Gasteiger partial charge on any atom is -0.500 e. The highest BCUT2D eigenvalue weighted by molar-refractivity contribution is 6.78. The molecule has 0 heterocycles. The van der Waals surface area contributed by atoms with Crippen molar-refractivity contribution >= 4 is 16.6 Å². The zero-order valence-corrected chi connectivity index (χ0v) is 20.3. The second-order valence-corrected chi connectivity index (χ2v) is 19.8. The molecule has 0 saturated heterocycles. The van der Waals surface area contributed by atoms with E-state index in [9.17, 15) is 0 Å². The summed E-state index contributed by atoms with van der Waals surface area (Å²) in [7, 11) is -3.59. The molecule has 0 aliphatic heterocycles. The molecule has 0 amide bonds. The van der Waals surface area contributed by atoms with E-state index in [1.165, 1.54) is 0 Å². The van der Waals surface area contributed by atoms with Gasteiger partial charge in [-0.2, -0.15) is 0 Å². The number of rotatable bonds is 7. The topological polar surface area (TPSA) is 18.5 Å². The molecule has 0 unspecified atom stereocenters. The molecular weight excluding hydrogens is 328 g/mol. The summed E-state index contributed by atoms with van der Waals surface area (Å²) in [5, 5.41) is 0.242. The molecule has 0 spiro atoms. The summed E-state index contributed by atoms with van der Waals surface area (Å²) in [6.07, 6.45) is 3.09. The predicted octanol–water partition coefficient (Wildman–Crippen LogP) is 6.80. The van der Waals surface area contributed by atoms with Gasteiger partial charge in [-0.1, -0.05) is 68.2 Å². The molecule has 0 radical (unpaired) electrons. The summed E-state index contributed by atoms with van der Waals surface area (Å²) >= 11 is 0. The van der Waals surface area contributed by atoms with Gasteiger partial charge in [0.05, 0.1) is 6.11 Å². The normalized spacial score (nSPS) is 14.8. The molecule has 2 nitrogen and oxygen atoms in total. The Morgan fingerprint density at radius 2 is 1.25 bits per heavy atom. The van der Waals surface area contributed by atoms with Gasteiger partial charge in [0, 0.05) is 12.5 Å². The second kappa shape index (κ2) is 8.91. The Hall–Kier alpha value is -0.246. The van der Waals surface area contributed by atoms with Gasteiger partial charge in [0.1, 0.15) is 0 Å². The molecule has 0 aromatic rings. The lowest BCUT2D eigenvalue weighted by molar-refractivity contribution is 0.262. The minimum absolute atomic E-state index is 0.206. The van der Waals surface area contributed by atoms with Crippen LogP contribution < -0.4 is 0 Å². The van der Waals surface area contributed by atoms with Crippen LogP contribution in [0.3, 0.4) is 0 Å². The molecule has 0 aliphatic carbocycles. The summed E-state index contributed by atoms with van der Waals surface area (Å²) in [6.45, 7) is 28.0. The van der Waals surface area contributed by atoms with E-state index in [4.69, 9.17) is 8.85 Å². The molecule has 142 valence electrons. The third-order valence-corrected chi connectivity index (χ3v) is 16.1. The standard InChI is InChI=1S/C20H42O2Si2/c1-16(2)24(17(3)4,18(5)6)21-14-13-19(7)15-22-23(11,12)20(8,9)10/h16-19H,15H2,1-12H3/t19-/m1/s1. The van der Waals surface area contributed by atoms with Gasteiger partial charge in [0.15, 0.2) is 8.32 Å². The maximum Gasteiger partial charge on any atom is 0.272 e. The largest absolute Gasteiger partial charge is 0.500 e. The lowest BCUT2D eigenvalue weighted by atomic mass is 10.2. The van der Waals surface area contributed by atoms with Crippen molar-refractivity contribution in [3.05, 3.63) is 0 Å². The monoisotopic (exact) mass is 370 g/mol. The molecule has 0 aromatic heterocycles. The Kier molecular flexibility index (Phi) is 8.82. The Bertz CT molecular complexity index is 415. The number of hydrogen-bond donors (Lipinski definition) is 0. The van der Waals surface area contributed by atoms with E-state index in [-0.39, 0.29) is 11.0 Å². The summed E-state index contributed by atoms with van der Waals surface area (Å²) in [6, 6.07) is 0. The Morgan fingerprint density at radius 1 is 0.833 bits per heavy atom. The van der Waals surface area contributed by atoms with Crippen molar-refractivity contribution in [1.29, 1.82) is 0 Å². The average molecular weight is 371 g/mol. The fourth-order valence-corrected chi connectivity index (χ4v) is 9.21. The Balaban J connectivity index is 4.93. The Morgan fingerprint density at radius 3 is 1.58 bits per heavy atom. The molecule has 0 saturated carbocycles. The molecule has 4 heteroatoms. The van der Waals surface area contributed by atoms with Crippen LogP contribution in [0.4, 0.5) is 0 Å². The lowest BCUT2D eigenvalue weighted by Gasteiger charge is -2.39. The van der Waals surface area contributed by atoms with Crippen molar-refractivity contribution in [2.24, 2.45) is 5.92 Å². The van der Waals surface area contributed by atoms with E-state index in [1.54, 1.807) is 0 Å². The van der Waals surface area contributed by atoms with Crippen molar-refractivity contribution in [2.45, 2.75) is 104 Å². The third-order valence-electron chi connectivity index (χ3n) is 5.74. The van der Waals surface area contributed by atoms with Crippen LogP contribution in [-0.2, 0) is 8.85 Å².